The SMILES string of the molecule is O=P([O-])([O-])[O-].[Sb+3].[Zn+2]. The molecule has 0 aliphatic heterocycles. The fourth-order valence-electron chi connectivity index (χ4n) is 0. The normalized spacial score (nSPS) is 8.43. The summed E-state index contributed by atoms with van der Waals surface area (Å²) < 4.78 is 8.55. The molecule has 0 N–H and O–H groups in total. The molecule has 0 saturated carbocycles. The van der Waals surface area contributed by atoms with Crippen molar-refractivity contribution in [2.75, 3.05) is 0 Å². The second-order valence-electron chi connectivity index (χ2n) is 0.447. The maximum Gasteiger partial charge on any atom is 3.00 e. The van der Waals surface area contributed by atoms with Gasteiger partial charge in [-0.05, 0) is 0 Å². The molecule has 0 aliphatic rings. The van der Waals surface area contributed by atoms with E-state index in [4.69, 9.17) is 19.2 Å². The van der Waals surface area contributed by atoms with Gasteiger partial charge >= 0.3 is 43.9 Å². The molecule has 0 aromatic heterocycles. The Bertz CT molecular complexity index is 57.8. The second-order valence-corrected chi connectivity index (χ2v) is 1.34. The first-order valence-corrected chi connectivity index (χ1v) is 2.19. The molecule has 0 spiro atoms. The topological polar surface area (TPSA) is 86.2 Å². The first-order valence-electron chi connectivity index (χ1n) is 0.730. The quantitative estimate of drug-likeness (QED) is 0.346. The molecule has 0 amide bonds. The average molecular weight is 282 g/mol. The largest absolute Gasteiger partial charge is 3.00 e. The van der Waals surface area contributed by atoms with Crippen molar-refractivity contribution in [2.24, 2.45) is 0 Å². The van der Waals surface area contributed by atoms with E-state index in [1.165, 1.54) is 0 Å². The molecule has 0 rings (SSSR count). The van der Waals surface area contributed by atoms with Crippen LogP contribution in [0, 0.1) is 0 Å². The van der Waals surface area contributed by atoms with Gasteiger partial charge in [0.1, 0.15) is 0 Å². The Labute approximate surface area is 70.8 Å². The Balaban J connectivity index is -0.0000000800. The Hall–Kier alpha value is 1.55. The molecule has 7 heavy (non-hydrogen) atoms. The summed E-state index contributed by atoms with van der Waals surface area (Å²) in [6.45, 7) is 0. The average Bonchev–Trinajstić information content (AvgIpc) is 0.722. The number of phosphoric acid groups is 1. The van der Waals surface area contributed by atoms with Gasteiger partial charge in [-0.3, -0.25) is 0 Å². The maximum absolute atomic E-state index is 8.55. The smallest absolute Gasteiger partial charge is 0.822 e. The summed E-state index contributed by atoms with van der Waals surface area (Å²) in [5.41, 5.74) is 0. The summed E-state index contributed by atoms with van der Waals surface area (Å²) >= 11 is 0. The fourth-order valence-corrected chi connectivity index (χ4v) is 0. The fraction of sp³-hybridized carbons (Fsp3) is 0. The molecule has 0 saturated heterocycles. The maximum atomic E-state index is 8.55. The molecule has 7 heteroatoms. The van der Waals surface area contributed by atoms with E-state index in [1.807, 2.05) is 0 Å². The molecule has 4 nitrogen and oxygen atoms in total. The predicted octanol–water partition coefficient (Wildman–Crippen LogP) is -3.21. The Morgan fingerprint density at radius 3 is 1.14 bits per heavy atom. The monoisotopic (exact) mass is 280 g/mol. The minimum atomic E-state index is -5.39. The molecule has 0 aromatic carbocycles. The van der Waals surface area contributed by atoms with Gasteiger partial charge in [0, 0.05) is 0 Å². The standard InChI is InChI=1S/H3O4P.Sb.Zn/c1-5(2,3)4;;/h(H3,1,2,3,4);;/q;+3;+2/p-3. The van der Waals surface area contributed by atoms with E-state index in [0.717, 1.165) is 0 Å². The van der Waals surface area contributed by atoms with E-state index in [0.29, 0.717) is 0 Å². The molecule has 0 fully saturated rings. The van der Waals surface area contributed by atoms with Crippen LogP contribution in [0.2, 0.25) is 0 Å². The van der Waals surface area contributed by atoms with Crippen LogP contribution in [-0.2, 0) is 24.0 Å². The van der Waals surface area contributed by atoms with Crippen molar-refractivity contribution in [3.8, 4) is 0 Å². The summed E-state index contributed by atoms with van der Waals surface area (Å²) in [5, 5.41) is 0. The van der Waals surface area contributed by atoms with Crippen LogP contribution < -0.4 is 14.7 Å². The van der Waals surface area contributed by atoms with Gasteiger partial charge < -0.3 is 19.2 Å². The van der Waals surface area contributed by atoms with Gasteiger partial charge in [-0.25, -0.2) is 0 Å². The van der Waals surface area contributed by atoms with Crippen molar-refractivity contribution in [3.63, 3.8) is 0 Å². The molecule has 2 radical (unpaired) electrons. The van der Waals surface area contributed by atoms with Crippen LogP contribution in [-0.4, -0.2) is 24.4 Å². The first-order chi connectivity index (χ1) is 2.00. The Morgan fingerprint density at radius 1 is 1.14 bits per heavy atom. The molecule has 0 unspecified atom stereocenters. The minimum absolute atomic E-state index is 0. The van der Waals surface area contributed by atoms with Crippen LogP contribution in [0.25, 0.3) is 0 Å². The van der Waals surface area contributed by atoms with Crippen molar-refractivity contribution in [1.29, 1.82) is 0 Å². The van der Waals surface area contributed by atoms with Crippen LogP contribution in [0.1, 0.15) is 0 Å². The van der Waals surface area contributed by atoms with Crippen molar-refractivity contribution >= 4 is 32.3 Å². The zero-order valence-corrected chi connectivity index (χ0v) is 9.65. The van der Waals surface area contributed by atoms with E-state index < -0.39 is 7.82 Å². The van der Waals surface area contributed by atoms with Crippen LogP contribution in [0.15, 0.2) is 0 Å². The van der Waals surface area contributed by atoms with E-state index in [9.17, 15) is 0 Å². The molecule has 0 aliphatic carbocycles. The van der Waals surface area contributed by atoms with Crippen molar-refractivity contribution in [3.05, 3.63) is 0 Å². The second kappa shape index (κ2) is 5.68. The number of hydrogen-bond donors (Lipinski definition) is 0. The number of hydrogen-bond acceptors (Lipinski definition) is 4. The predicted molar refractivity (Wildman–Crippen MR) is 13.4 cm³/mol. The third-order valence-electron chi connectivity index (χ3n) is 0. The molecular formula is O4PSbZn+2. The van der Waals surface area contributed by atoms with Crippen LogP contribution in [0.4, 0.5) is 0 Å². The van der Waals surface area contributed by atoms with Gasteiger partial charge in [0.05, 0.1) is 0 Å². The van der Waals surface area contributed by atoms with Crippen molar-refractivity contribution in [2.45, 2.75) is 0 Å². The van der Waals surface area contributed by atoms with E-state index >= 15 is 0 Å². The van der Waals surface area contributed by atoms with Crippen LogP contribution >= 0.6 is 7.82 Å². The summed E-state index contributed by atoms with van der Waals surface area (Å²) in [6.07, 6.45) is 0. The molecule has 0 bridgehead atoms. The van der Waals surface area contributed by atoms with Crippen LogP contribution in [0.3, 0.4) is 0 Å². The zero-order valence-electron chi connectivity index (χ0n) is 3.23. The van der Waals surface area contributed by atoms with Crippen molar-refractivity contribution < 1.29 is 38.7 Å². The third kappa shape index (κ3) is 96.7. The van der Waals surface area contributed by atoms with Gasteiger partial charge in [0.25, 0.3) is 0 Å². The summed E-state index contributed by atoms with van der Waals surface area (Å²) in [4.78, 5) is 25.6. The molecule has 0 heterocycles. The van der Waals surface area contributed by atoms with Gasteiger partial charge in [-0.2, -0.15) is 7.82 Å². The zero-order chi connectivity index (χ0) is 4.50. The summed E-state index contributed by atoms with van der Waals surface area (Å²) in [5.74, 6) is 0. The van der Waals surface area contributed by atoms with Gasteiger partial charge in [0.15, 0.2) is 0 Å². The van der Waals surface area contributed by atoms with Gasteiger partial charge in [-0.1, -0.05) is 0 Å². The molecule has 34 valence electrons. The summed E-state index contributed by atoms with van der Waals surface area (Å²) in [6, 6.07) is 0. The summed E-state index contributed by atoms with van der Waals surface area (Å²) in [7, 11) is -5.39. The number of rotatable bonds is 0. The van der Waals surface area contributed by atoms with Gasteiger partial charge in [-0.15, -0.1) is 0 Å². The molecule has 0 atom stereocenters. The third-order valence-corrected chi connectivity index (χ3v) is 0. The Morgan fingerprint density at radius 2 is 1.14 bits per heavy atom. The molecular weight excluding hydrogens is 282 g/mol. The van der Waals surface area contributed by atoms with E-state index in [1.54, 1.807) is 0 Å². The van der Waals surface area contributed by atoms with Crippen molar-refractivity contribution in [1.82, 2.24) is 0 Å². The first kappa shape index (κ1) is 15.8. The minimum Gasteiger partial charge on any atom is -0.822 e. The Kier molecular flexibility index (Phi) is 12.8. The van der Waals surface area contributed by atoms with E-state index in [2.05, 4.69) is 0 Å². The van der Waals surface area contributed by atoms with E-state index in [-0.39, 0.29) is 43.9 Å². The van der Waals surface area contributed by atoms with Crippen LogP contribution in [0.5, 0.6) is 0 Å². The molecule has 0 aromatic rings. The van der Waals surface area contributed by atoms with Gasteiger partial charge in [0.2, 0.25) is 0 Å².